The molecule has 2 fully saturated rings. The molecule has 2 rings (SSSR count). The fraction of sp³-hybridized carbons (Fsp3) is 1.00. The Kier molecular flexibility index (Phi) is 6.16. The van der Waals surface area contributed by atoms with Crippen LogP contribution in [0.15, 0.2) is 0 Å². The van der Waals surface area contributed by atoms with E-state index in [4.69, 9.17) is 4.74 Å². The van der Waals surface area contributed by atoms with Crippen LogP contribution in [0.1, 0.15) is 51.9 Å². The van der Waals surface area contributed by atoms with Gasteiger partial charge in [-0.3, -0.25) is 0 Å². The zero-order chi connectivity index (χ0) is 11.9. The zero-order valence-corrected chi connectivity index (χ0v) is 11.9. The molecular formula is C14H27NOS. The minimum absolute atomic E-state index is 0.519. The van der Waals surface area contributed by atoms with Crippen molar-refractivity contribution in [2.24, 2.45) is 0 Å². The molecule has 2 saturated heterocycles. The molecule has 3 atom stereocenters. The van der Waals surface area contributed by atoms with E-state index in [1.54, 1.807) is 0 Å². The van der Waals surface area contributed by atoms with Gasteiger partial charge in [0.2, 0.25) is 0 Å². The molecule has 0 aromatic heterocycles. The van der Waals surface area contributed by atoms with Crippen molar-refractivity contribution in [1.29, 1.82) is 0 Å². The SMILES string of the molecule is CCCC1CC(NCC2CCCCS2)CCO1. The summed E-state index contributed by atoms with van der Waals surface area (Å²) in [5.74, 6) is 1.37. The molecule has 100 valence electrons. The van der Waals surface area contributed by atoms with E-state index in [9.17, 15) is 0 Å². The molecule has 0 aromatic rings. The molecule has 0 amide bonds. The van der Waals surface area contributed by atoms with Crippen molar-refractivity contribution in [3.8, 4) is 0 Å². The Balaban J connectivity index is 1.64. The molecule has 0 saturated carbocycles. The summed E-state index contributed by atoms with van der Waals surface area (Å²) >= 11 is 2.17. The second-order valence-corrected chi connectivity index (χ2v) is 6.81. The highest BCUT2D eigenvalue weighted by Crippen LogP contribution is 2.25. The average molecular weight is 257 g/mol. The number of thioether (sulfide) groups is 1. The first-order chi connectivity index (χ1) is 8.38. The molecule has 0 spiro atoms. The summed E-state index contributed by atoms with van der Waals surface area (Å²) in [6.07, 6.45) is 9.71. The van der Waals surface area contributed by atoms with Crippen LogP contribution in [0.5, 0.6) is 0 Å². The van der Waals surface area contributed by atoms with Crippen LogP contribution in [0.2, 0.25) is 0 Å². The molecule has 1 N–H and O–H groups in total. The van der Waals surface area contributed by atoms with Gasteiger partial charge in [-0.05, 0) is 37.9 Å². The third-order valence-corrected chi connectivity index (χ3v) is 5.28. The average Bonchev–Trinajstić information content (AvgIpc) is 2.39. The Morgan fingerprint density at radius 1 is 1.29 bits per heavy atom. The number of hydrogen-bond donors (Lipinski definition) is 1. The van der Waals surface area contributed by atoms with Crippen LogP contribution >= 0.6 is 11.8 Å². The third-order valence-electron chi connectivity index (χ3n) is 3.89. The largest absolute Gasteiger partial charge is 0.378 e. The first-order valence-corrected chi connectivity index (χ1v) is 8.40. The van der Waals surface area contributed by atoms with Crippen molar-refractivity contribution >= 4 is 11.8 Å². The van der Waals surface area contributed by atoms with Crippen molar-refractivity contribution in [2.45, 2.75) is 69.3 Å². The van der Waals surface area contributed by atoms with E-state index in [2.05, 4.69) is 24.0 Å². The second kappa shape index (κ2) is 7.65. The van der Waals surface area contributed by atoms with Gasteiger partial charge < -0.3 is 10.1 Å². The summed E-state index contributed by atoms with van der Waals surface area (Å²) in [6, 6.07) is 0.711. The van der Waals surface area contributed by atoms with Crippen LogP contribution in [-0.4, -0.2) is 36.3 Å². The maximum atomic E-state index is 5.80. The molecule has 0 radical (unpaired) electrons. The lowest BCUT2D eigenvalue weighted by Gasteiger charge is -2.32. The third kappa shape index (κ3) is 4.80. The van der Waals surface area contributed by atoms with Gasteiger partial charge >= 0.3 is 0 Å². The van der Waals surface area contributed by atoms with Gasteiger partial charge in [-0.15, -0.1) is 0 Å². The second-order valence-electron chi connectivity index (χ2n) is 5.40. The van der Waals surface area contributed by atoms with Gasteiger partial charge in [-0.2, -0.15) is 11.8 Å². The van der Waals surface area contributed by atoms with Crippen LogP contribution in [-0.2, 0) is 4.74 Å². The van der Waals surface area contributed by atoms with Crippen LogP contribution in [0.3, 0.4) is 0 Å². The molecule has 2 aliphatic rings. The van der Waals surface area contributed by atoms with Gasteiger partial charge in [0.05, 0.1) is 6.10 Å². The van der Waals surface area contributed by atoms with E-state index in [0.29, 0.717) is 12.1 Å². The number of rotatable bonds is 5. The molecule has 0 bridgehead atoms. The highest BCUT2D eigenvalue weighted by Gasteiger charge is 2.22. The smallest absolute Gasteiger partial charge is 0.0589 e. The topological polar surface area (TPSA) is 21.3 Å². The van der Waals surface area contributed by atoms with Crippen molar-refractivity contribution < 1.29 is 4.74 Å². The van der Waals surface area contributed by atoms with Gasteiger partial charge in [0.1, 0.15) is 0 Å². The zero-order valence-electron chi connectivity index (χ0n) is 11.1. The van der Waals surface area contributed by atoms with E-state index in [1.807, 2.05) is 0 Å². The Hall–Kier alpha value is 0.270. The van der Waals surface area contributed by atoms with Crippen LogP contribution in [0.25, 0.3) is 0 Å². The minimum Gasteiger partial charge on any atom is -0.378 e. The van der Waals surface area contributed by atoms with Crippen LogP contribution in [0.4, 0.5) is 0 Å². The Bertz CT molecular complexity index is 204. The highest BCUT2D eigenvalue weighted by atomic mass is 32.2. The minimum atomic E-state index is 0.519. The normalized spacial score (nSPS) is 34.8. The van der Waals surface area contributed by atoms with E-state index < -0.39 is 0 Å². The molecule has 3 heteroatoms. The number of hydrogen-bond acceptors (Lipinski definition) is 3. The fourth-order valence-electron chi connectivity index (χ4n) is 2.86. The molecular weight excluding hydrogens is 230 g/mol. The van der Waals surface area contributed by atoms with Gasteiger partial charge in [-0.1, -0.05) is 19.8 Å². The summed E-state index contributed by atoms with van der Waals surface area (Å²) in [5.41, 5.74) is 0. The maximum absolute atomic E-state index is 5.80. The molecule has 0 aliphatic carbocycles. The quantitative estimate of drug-likeness (QED) is 0.817. The highest BCUT2D eigenvalue weighted by molar-refractivity contribution is 7.99. The fourth-order valence-corrected chi connectivity index (χ4v) is 4.11. The van der Waals surface area contributed by atoms with Crippen molar-refractivity contribution in [1.82, 2.24) is 5.32 Å². The summed E-state index contributed by atoms with van der Waals surface area (Å²) in [5, 5.41) is 4.65. The van der Waals surface area contributed by atoms with Crippen molar-refractivity contribution in [3.63, 3.8) is 0 Å². The van der Waals surface area contributed by atoms with Gasteiger partial charge in [0.15, 0.2) is 0 Å². The van der Waals surface area contributed by atoms with Gasteiger partial charge in [-0.25, -0.2) is 0 Å². The number of ether oxygens (including phenoxy) is 1. The molecule has 2 heterocycles. The lowest BCUT2D eigenvalue weighted by atomic mass is 10.00. The maximum Gasteiger partial charge on any atom is 0.0589 e. The molecule has 0 aromatic carbocycles. The first kappa shape index (κ1) is 13.7. The van der Waals surface area contributed by atoms with Crippen molar-refractivity contribution in [3.05, 3.63) is 0 Å². The number of nitrogens with one attached hydrogen (secondary N) is 1. The Morgan fingerprint density at radius 2 is 2.24 bits per heavy atom. The van der Waals surface area contributed by atoms with E-state index in [0.717, 1.165) is 11.9 Å². The monoisotopic (exact) mass is 257 g/mol. The molecule has 3 unspecified atom stereocenters. The summed E-state index contributed by atoms with van der Waals surface area (Å²) in [4.78, 5) is 0. The lowest BCUT2D eigenvalue weighted by molar-refractivity contribution is -0.00305. The van der Waals surface area contributed by atoms with Gasteiger partial charge in [0.25, 0.3) is 0 Å². The molecule has 2 nitrogen and oxygen atoms in total. The van der Waals surface area contributed by atoms with Crippen molar-refractivity contribution in [2.75, 3.05) is 18.9 Å². The summed E-state index contributed by atoms with van der Waals surface area (Å²) < 4.78 is 5.80. The lowest BCUT2D eigenvalue weighted by Crippen LogP contribution is -2.41. The molecule has 2 aliphatic heterocycles. The predicted octanol–water partition coefficient (Wildman–Crippen LogP) is 3.21. The first-order valence-electron chi connectivity index (χ1n) is 7.35. The van der Waals surface area contributed by atoms with E-state index >= 15 is 0 Å². The van der Waals surface area contributed by atoms with E-state index in [1.165, 1.54) is 57.2 Å². The Morgan fingerprint density at radius 3 is 3.00 bits per heavy atom. The standard InChI is InChI=1S/C14H27NOS/c1-2-5-13-10-12(7-8-16-13)15-11-14-6-3-4-9-17-14/h12-15H,2-11H2,1H3. The predicted molar refractivity (Wildman–Crippen MR) is 75.8 cm³/mol. The van der Waals surface area contributed by atoms with Crippen LogP contribution in [0, 0.1) is 0 Å². The Labute approximate surface area is 110 Å². The molecule has 17 heavy (non-hydrogen) atoms. The van der Waals surface area contributed by atoms with E-state index in [-0.39, 0.29) is 0 Å². The summed E-state index contributed by atoms with van der Waals surface area (Å²) in [6.45, 7) is 4.42. The van der Waals surface area contributed by atoms with Gasteiger partial charge in [0, 0.05) is 24.4 Å². The summed E-state index contributed by atoms with van der Waals surface area (Å²) in [7, 11) is 0. The van der Waals surface area contributed by atoms with Crippen LogP contribution < -0.4 is 5.32 Å².